The van der Waals surface area contributed by atoms with E-state index in [4.69, 9.17) is 4.74 Å². The summed E-state index contributed by atoms with van der Waals surface area (Å²) in [6.07, 6.45) is 2.60. The molecule has 0 spiro atoms. The van der Waals surface area contributed by atoms with Crippen LogP contribution < -0.4 is 10.6 Å². The number of aliphatic imine (C=N–C) groups is 1. The molecule has 0 aliphatic carbocycles. The van der Waals surface area contributed by atoms with Gasteiger partial charge in [0.05, 0.1) is 12.7 Å². The summed E-state index contributed by atoms with van der Waals surface area (Å²) >= 11 is 0. The Labute approximate surface area is 222 Å². The first-order valence-electron chi connectivity index (χ1n) is 12.3. The molecule has 6 nitrogen and oxygen atoms in total. The number of rotatable bonds is 7. The number of hydrogen-bond donors (Lipinski definition) is 2. The van der Waals surface area contributed by atoms with Gasteiger partial charge in [0.15, 0.2) is 5.96 Å². The van der Waals surface area contributed by atoms with Crippen molar-refractivity contribution >= 4 is 29.9 Å². The zero-order chi connectivity index (χ0) is 22.9. The van der Waals surface area contributed by atoms with Gasteiger partial charge in [0, 0.05) is 58.9 Å². The topological polar surface area (TPSA) is 52.1 Å². The molecule has 1 unspecified atom stereocenters. The van der Waals surface area contributed by atoms with E-state index in [1.54, 1.807) is 0 Å². The molecule has 2 fully saturated rings. The summed E-state index contributed by atoms with van der Waals surface area (Å²) < 4.78 is 5.67. The lowest BCUT2D eigenvalue weighted by atomic mass is 10.0. The number of piperidine rings is 1. The van der Waals surface area contributed by atoms with Crippen molar-refractivity contribution in [3.63, 3.8) is 0 Å². The third-order valence-corrected chi connectivity index (χ3v) is 6.58. The van der Waals surface area contributed by atoms with E-state index in [9.17, 15) is 0 Å². The number of ether oxygens (including phenoxy) is 1. The van der Waals surface area contributed by atoms with Crippen LogP contribution in [0.5, 0.6) is 0 Å². The summed E-state index contributed by atoms with van der Waals surface area (Å²) in [5, 5.41) is 7.15. The molecule has 0 bridgehead atoms. The minimum atomic E-state index is 0. The fraction of sp³-hybridized carbons (Fsp3) is 0.519. The monoisotopic (exact) mass is 577 g/mol. The molecule has 0 amide bonds. The molecule has 0 radical (unpaired) electrons. The zero-order valence-electron chi connectivity index (χ0n) is 20.6. The summed E-state index contributed by atoms with van der Waals surface area (Å²) in [4.78, 5) is 9.49. The standard InChI is InChI=1S/C27H39N5O.HI/c1-22-19-32(15-16-33-22)21-25-10-6-9-24(17-25)18-29-27(28-2)30-26-11-13-31(14-12-26)20-23-7-4-3-5-8-23;/h3-10,17,22,26H,11-16,18-21H2,1-2H3,(H2,28,29,30);1H. The first-order chi connectivity index (χ1) is 16.2. The first kappa shape index (κ1) is 26.9. The molecule has 2 aromatic rings. The molecule has 0 aromatic heterocycles. The van der Waals surface area contributed by atoms with Gasteiger partial charge in [0.1, 0.15) is 0 Å². The van der Waals surface area contributed by atoms with E-state index in [-0.39, 0.29) is 24.0 Å². The lowest BCUT2D eigenvalue weighted by molar-refractivity contribution is -0.0212. The number of nitrogens with zero attached hydrogens (tertiary/aromatic N) is 3. The molecule has 1 atom stereocenters. The maximum absolute atomic E-state index is 5.67. The number of morpholine rings is 1. The molecule has 2 aromatic carbocycles. The van der Waals surface area contributed by atoms with Crippen molar-refractivity contribution < 1.29 is 4.74 Å². The molecule has 7 heteroatoms. The minimum Gasteiger partial charge on any atom is -0.376 e. The molecule has 2 heterocycles. The molecule has 186 valence electrons. The Balaban J connectivity index is 0.00000324. The molecule has 2 aliphatic heterocycles. The van der Waals surface area contributed by atoms with Gasteiger partial charge in [-0.05, 0) is 36.5 Å². The number of guanidine groups is 1. The van der Waals surface area contributed by atoms with Crippen LogP contribution in [0, 0.1) is 0 Å². The molecule has 2 saturated heterocycles. The van der Waals surface area contributed by atoms with Gasteiger partial charge in [-0.2, -0.15) is 0 Å². The molecule has 4 rings (SSSR count). The van der Waals surface area contributed by atoms with Crippen LogP contribution >= 0.6 is 24.0 Å². The van der Waals surface area contributed by atoms with E-state index in [1.807, 2.05) is 7.05 Å². The Bertz CT molecular complexity index is 886. The zero-order valence-corrected chi connectivity index (χ0v) is 22.9. The van der Waals surface area contributed by atoms with E-state index in [1.165, 1.54) is 16.7 Å². The third kappa shape index (κ3) is 8.52. The highest BCUT2D eigenvalue weighted by Crippen LogP contribution is 2.15. The minimum absolute atomic E-state index is 0. The molecule has 34 heavy (non-hydrogen) atoms. The molecule has 2 aliphatic rings. The average molecular weight is 578 g/mol. The lowest BCUT2D eigenvalue weighted by Crippen LogP contribution is -2.48. The maximum Gasteiger partial charge on any atom is 0.191 e. The summed E-state index contributed by atoms with van der Waals surface area (Å²) in [6.45, 7) is 10.0. The van der Waals surface area contributed by atoms with Crippen molar-refractivity contribution in [3.8, 4) is 0 Å². The van der Waals surface area contributed by atoms with Crippen molar-refractivity contribution in [2.24, 2.45) is 4.99 Å². The van der Waals surface area contributed by atoms with E-state index in [2.05, 4.69) is 86.9 Å². The number of hydrogen-bond acceptors (Lipinski definition) is 4. The highest BCUT2D eigenvalue weighted by Gasteiger charge is 2.20. The predicted molar refractivity (Wildman–Crippen MR) is 151 cm³/mol. The van der Waals surface area contributed by atoms with Crippen LogP contribution in [-0.4, -0.2) is 67.7 Å². The van der Waals surface area contributed by atoms with Crippen LogP contribution in [0.25, 0.3) is 0 Å². The van der Waals surface area contributed by atoms with Gasteiger partial charge in [-0.1, -0.05) is 54.6 Å². The van der Waals surface area contributed by atoms with E-state index < -0.39 is 0 Å². The highest BCUT2D eigenvalue weighted by atomic mass is 127. The van der Waals surface area contributed by atoms with Crippen LogP contribution in [0.1, 0.15) is 36.5 Å². The van der Waals surface area contributed by atoms with Crippen molar-refractivity contribution in [2.45, 2.75) is 51.5 Å². The normalized spacial score (nSPS) is 20.5. The maximum atomic E-state index is 5.67. The molecular formula is C27H40IN5O. The Morgan fingerprint density at radius 2 is 1.65 bits per heavy atom. The fourth-order valence-electron chi connectivity index (χ4n) is 4.78. The highest BCUT2D eigenvalue weighted by molar-refractivity contribution is 14.0. The van der Waals surface area contributed by atoms with Gasteiger partial charge < -0.3 is 15.4 Å². The second-order valence-electron chi connectivity index (χ2n) is 9.34. The van der Waals surface area contributed by atoms with Crippen molar-refractivity contribution in [1.82, 2.24) is 20.4 Å². The second-order valence-corrected chi connectivity index (χ2v) is 9.34. The summed E-state index contributed by atoms with van der Waals surface area (Å²) in [5.41, 5.74) is 4.04. The van der Waals surface area contributed by atoms with Gasteiger partial charge in [-0.25, -0.2) is 0 Å². The smallest absolute Gasteiger partial charge is 0.191 e. The molecular weight excluding hydrogens is 537 g/mol. The second kappa shape index (κ2) is 14.0. The van der Waals surface area contributed by atoms with E-state index >= 15 is 0 Å². The Morgan fingerprint density at radius 3 is 2.38 bits per heavy atom. The van der Waals surface area contributed by atoms with Gasteiger partial charge in [0.25, 0.3) is 0 Å². The van der Waals surface area contributed by atoms with Crippen LogP contribution in [0.15, 0.2) is 59.6 Å². The van der Waals surface area contributed by atoms with E-state index in [0.717, 1.165) is 71.2 Å². The van der Waals surface area contributed by atoms with Crippen LogP contribution in [0.2, 0.25) is 0 Å². The fourth-order valence-corrected chi connectivity index (χ4v) is 4.78. The van der Waals surface area contributed by atoms with E-state index in [0.29, 0.717) is 12.1 Å². The predicted octanol–water partition coefficient (Wildman–Crippen LogP) is 3.85. The average Bonchev–Trinajstić information content (AvgIpc) is 2.84. The first-order valence-corrected chi connectivity index (χ1v) is 12.3. The van der Waals surface area contributed by atoms with Crippen LogP contribution in [0.4, 0.5) is 0 Å². The van der Waals surface area contributed by atoms with Crippen LogP contribution in [-0.2, 0) is 24.4 Å². The van der Waals surface area contributed by atoms with Gasteiger partial charge in [0.2, 0.25) is 0 Å². The van der Waals surface area contributed by atoms with Crippen LogP contribution in [0.3, 0.4) is 0 Å². The quantitative estimate of drug-likeness (QED) is 0.298. The summed E-state index contributed by atoms with van der Waals surface area (Å²) in [7, 11) is 1.86. The van der Waals surface area contributed by atoms with Gasteiger partial charge in [-0.15, -0.1) is 24.0 Å². The SMILES string of the molecule is CN=C(NCc1cccc(CN2CCOC(C)C2)c1)NC1CCN(Cc2ccccc2)CC1.I. The number of halogens is 1. The van der Waals surface area contributed by atoms with Crippen molar-refractivity contribution in [3.05, 3.63) is 71.3 Å². The number of benzene rings is 2. The molecule has 0 saturated carbocycles. The molecule has 2 N–H and O–H groups in total. The Kier molecular flexibility index (Phi) is 11.1. The van der Waals surface area contributed by atoms with Crippen molar-refractivity contribution in [1.29, 1.82) is 0 Å². The Hall–Kier alpha value is -1.68. The summed E-state index contributed by atoms with van der Waals surface area (Å²) in [6, 6.07) is 20.1. The van der Waals surface area contributed by atoms with Gasteiger partial charge in [-0.3, -0.25) is 14.8 Å². The lowest BCUT2D eigenvalue weighted by Gasteiger charge is -2.33. The van der Waals surface area contributed by atoms with Gasteiger partial charge >= 0.3 is 0 Å². The summed E-state index contributed by atoms with van der Waals surface area (Å²) in [5.74, 6) is 0.893. The number of likely N-dealkylation sites (tertiary alicyclic amines) is 1. The largest absolute Gasteiger partial charge is 0.376 e. The number of nitrogens with one attached hydrogen (secondary N) is 2. The third-order valence-electron chi connectivity index (χ3n) is 6.58. The Morgan fingerprint density at radius 1 is 0.941 bits per heavy atom. The van der Waals surface area contributed by atoms with Crippen molar-refractivity contribution in [2.75, 3.05) is 39.8 Å².